The van der Waals surface area contributed by atoms with Crippen LogP contribution >= 0.6 is 0 Å². The Balaban J connectivity index is 1.52. The van der Waals surface area contributed by atoms with Crippen molar-refractivity contribution in [1.82, 2.24) is 15.1 Å². The van der Waals surface area contributed by atoms with Crippen LogP contribution in [0.5, 0.6) is 0 Å². The molecule has 0 aromatic heterocycles. The Morgan fingerprint density at radius 3 is 1.90 bits per heavy atom. The number of hydrogen-bond acceptors (Lipinski definition) is 5. The molecule has 2 amide bonds. The van der Waals surface area contributed by atoms with Gasteiger partial charge in [-0.1, -0.05) is 79.8 Å². The van der Waals surface area contributed by atoms with Gasteiger partial charge in [-0.2, -0.15) is 0 Å². The first-order valence-corrected chi connectivity index (χ1v) is 15.5. The number of esters is 1. The third-order valence-corrected chi connectivity index (χ3v) is 7.31. The molecule has 2 heterocycles. The second-order valence-electron chi connectivity index (χ2n) is 10.6. The lowest BCUT2D eigenvalue weighted by Gasteiger charge is -2.37. The highest BCUT2D eigenvalue weighted by Gasteiger charge is 2.37. The molecule has 2 atom stereocenters. The molecule has 2 aliphatic rings. The number of amides is 2. The second kappa shape index (κ2) is 22.2. The summed E-state index contributed by atoms with van der Waals surface area (Å²) in [6, 6.07) is 0.348. The Morgan fingerprint density at radius 1 is 0.762 bits per heavy atom. The molecule has 0 aromatic carbocycles. The van der Waals surface area contributed by atoms with E-state index in [1.165, 1.54) is 13.2 Å². The van der Waals surface area contributed by atoms with E-state index in [-0.39, 0.29) is 11.8 Å². The van der Waals surface area contributed by atoms with Gasteiger partial charge in [-0.15, -0.1) is 0 Å². The van der Waals surface area contributed by atoms with Crippen LogP contribution in [-0.2, 0) is 19.1 Å². The van der Waals surface area contributed by atoms with Crippen molar-refractivity contribution < 1.29 is 19.1 Å². The fourth-order valence-corrected chi connectivity index (χ4v) is 5.04. The molecule has 1 N–H and O–H groups in total. The highest BCUT2D eigenvalue weighted by atomic mass is 16.5. The van der Waals surface area contributed by atoms with Crippen molar-refractivity contribution in [3.8, 4) is 0 Å². The van der Waals surface area contributed by atoms with Crippen LogP contribution in [0.4, 0.5) is 0 Å². The Bertz CT molecular complexity index is 1020. The maximum absolute atomic E-state index is 12.8. The Hall–Kier alpha value is -3.45. The Labute approximate surface area is 253 Å². The maximum atomic E-state index is 12.8. The van der Waals surface area contributed by atoms with Crippen molar-refractivity contribution in [2.75, 3.05) is 39.8 Å². The zero-order valence-corrected chi connectivity index (χ0v) is 25.7. The first kappa shape index (κ1) is 34.7. The summed E-state index contributed by atoms with van der Waals surface area (Å²) in [5.41, 5.74) is 0. The van der Waals surface area contributed by atoms with E-state index in [0.29, 0.717) is 24.9 Å². The molecule has 0 spiro atoms. The molecule has 0 aromatic rings. The average Bonchev–Trinajstić information content (AvgIpc) is 3.42. The SMILES string of the molecule is CC/C=C\C/C=C\C/C=C\C/C=C\C/C=C\C/C=C\CCC(=O)N1CCN2CC(CNC(=O)C=CC(=O)OC)CC2C1. The molecule has 42 heavy (non-hydrogen) atoms. The third kappa shape index (κ3) is 15.5. The lowest BCUT2D eigenvalue weighted by atomic mass is 10.0. The van der Waals surface area contributed by atoms with Crippen molar-refractivity contribution in [3.05, 3.63) is 85.1 Å². The van der Waals surface area contributed by atoms with Gasteiger partial charge in [0.05, 0.1) is 7.11 Å². The van der Waals surface area contributed by atoms with Gasteiger partial charge in [0.15, 0.2) is 0 Å². The molecule has 0 radical (unpaired) electrons. The molecular formula is C35H51N3O4. The number of nitrogens with one attached hydrogen (secondary N) is 1. The maximum Gasteiger partial charge on any atom is 0.330 e. The predicted molar refractivity (Wildman–Crippen MR) is 172 cm³/mol. The first-order chi connectivity index (χ1) is 20.5. The van der Waals surface area contributed by atoms with E-state index in [1.807, 2.05) is 4.90 Å². The largest absolute Gasteiger partial charge is 0.466 e. The fourth-order valence-electron chi connectivity index (χ4n) is 5.04. The molecule has 7 nitrogen and oxygen atoms in total. The van der Waals surface area contributed by atoms with E-state index in [1.54, 1.807) is 0 Å². The molecule has 2 aliphatic heterocycles. The van der Waals surface area contributed by atoms with Crippen LogP contribution in [0.2, 0.25) is 0 Å². The summed E-state index contributed by atoms with van der Waals surface area (Å²) in [6.07, 6.45) is 36.7. The minimum absolute atomic E-state index is 0.221. The van der Waals surface area contributed by atoms with Gasteiger partial charge in [-0.3, -0.25) is 14.5 Å². The second-order valence-corrected chi connectivity index (χ2v) is 10.6. The number of nitrogens with zero attached hydrogens (tertiary/aromatic N) is 2. The molecule has 0 saturated carbocycles. The minimum Gasteiger partial charge on any atom is -0.466 e. The zero-order chi connectivity index (χ0) is 30.3. The standard InChI is InChI=1S/C35H51N3O4/c1-3-4-5-6-7-8-9-10-11-12-13-14-15-16-17-18-19-20-21-22-34(40)38-26-25-37-29-31(27-32(37)30-38)28-36-33(39)23-24-35(41)42-2/h4-5,7-8,10-11,13-14,16-17,19-20,23-24,31-32H,3,6,9,12,15,18,21-22,25-30H2,1-2H3,(H,36,39)/b5-4-,8-7-,11-10-,14-13-,17-16-,20-19-,24-23?. The van der Waals surface area contributed by atoms with E-state index < -0.39 is 5.97 Å². The zero-order valence-electron chi connectivity index (χ0n) is 25.7. The monoisotopic (exact) mass is 577 g/mol. The summed E-state index contributed by atoms with van der Waals surface area (Å²) in [6.45, 7) is 6.04. The first-order valence-electron chi connectivity index (χ1n) is 15.5. The smallest absolute Gasteiger partial charge is 0.330 e. The van der Waals surface area contributed by atoms with Crippen LogP contribution in [0.1, 0.15) is 64.7 Å². The molecule has 0 bridgehead atoms. The number of fused-ring (bicyclic) bond motifs is 1. The van der Waals surface area contributed by atoms with Gasteiger partial charge in [0.2, 0.25) is 11.8 Å². The van der Waals surface area contributed by atoms with Crippen molar-refractivity contribution in [3.63, 3.8) is 0 Å². The molecule has 2 unspecified atom stereocenters. The minimum atomic E-state index is -0.547. The molecule has 7 heteroatoms. The lowest BCUT2D eigenvalue weighted by Crippen LogP contribution is -2.52. The van der Waals surface area contributed by atoms with E-state index >= 15 is 0 Å². The molecule has 2 fully saturated rings. The van der Waals surface area contributed by atoms with Gasteiger partial charge in [-0.05, 0) is 57.3 Å². The van der Waals surface area contributed by atoms with Crippen molar-refractivity contribution in [2.24, 2.45) is 5.92 Å². The average molecular weight is 578 g/mol. The quantitative estimate of drug-likeness (QED) is 0.126. The predicted octanol–water partition coefficient (Wildman–Crippen LogP) is 5.84. The van der Waals surface area contributed by atoms with Gasteiger partial charge >= 0.3 is 5.97 Å². The van der Waals surface area contributed by atoms with Gasteiger partial charge in [0.25, 0.3) is 0 Å². The summed E-state index contributed by atoms with van der Waals surface area (Å²) < 4.78 is 4.50. The highest BCUT2D eigenvalue weighted by molar-refractivity contribution is 5.94. The number of methoxy groups -OCH3 is 1. The van der Waals surface area contributed by atoms with Gasteiger partial charge in [0.1, 0.15) is 0 Å². The number of hydrogen-bond donors (Lipinski definition) is 1. The Morgan fingerprint density at radius 2 is 1.33 bits per heavy atom. The lowest BCUT2D eigenvalue weighted by molar-refractivity contribution is -0.135. The van der Waals surface area contributed by atoms with E-state index in [0.717, 1.165) is 83.6 Å². The van der Waals surface area contributed by atoms with E-state index in [4.69, 9.17) is 0 Å². The van der Waals surface area contributed by atoms with E-state index in [9.17, 15) is 14.4 Å². The van der Waals surface area contributed by atoms with Gasteiger partial charge in [0, 0.05) is 57.3 Å². The summed E-state index contributed by atoms with van der Waals surface area (Å²) in [7, 11) is 1.28. The van der Waals surface area contributed by atoms with Crippen molar-refractivity contribution >= 4 is 17.8 Å². The fraction of sp³-hybridized carbons (Fsp3) is 0.514. The molecule has 2 saturated heterocycles. The normalized spacial score (nSPS) is 20.0. The number of piperazine rings is 1. The van der Waals surface area contributed by atoms with Crippen LogP contribution in [-0.4, -0.2) is 73.5 Å². The number of carbonyl (C=O) groups is 3. The van der Waals surface area contributed by atoms with Crippen LogP contribution in [0.25, 0.3) is 0 Å². The molecule has 230 valence electrons. The van der Waals surface area contributed by atoms with Gasteiger partial charge in [-0.25, -0.2) is 4.79 Å². The number of allylic oxidation sites excluding steroid dienone is 12. The summed E-state index contributed by atoms with van der Waals surface area (Å²) in [4.78, 5) is 40.2. The molecule has 2 rings (SSSR count). The topological polar surface area (TPSA) is 79.0 Å². The Kier molecular flexibility index (Phi) is 18.4. The third-order valence-electron chi connectivity index (χ3n) is 7.31. The van der Waals surface area contributed by atoms with Crippen molar-refractivity contribution in [1.29, 1.82) is 0 Å². The number of carbonyl (C=O) groups excluding carboxylic acids is 3. The van der Waals surface area contributed by atoms with Crippen LogP contribution in [0.15, 0.2) is 85.1 Å². The summed E-state index contributed by atoms with van der Waals surface area (Å²) >= 11 is 0. The highest BCUT2D eigenvalue weighted by Crippen LogP contribution is 2.26. The van der Waals surface area contributed by atoms with Crippen LogP contribution in [0.3, 0.4) is 0 Å². The van der Waals surface area contributed by atoms with Crippen LogP contribution in [0, 0.1) is 5.92 Å². The molecular weight excluding hydrogens is 526 g/mol. The van der Waals surface area contributed by atoms with Crippen molar-refractivity contribution in [2.45, 2.75) is 70.8 Å². The number of ether oxygens (including phenoxy) is 1. The van der Waals surface area contributed by atoms with E-state index in [2.05, 4.69) is 94.8 Å². The summed E-state index contributed by atoms with van der Waals surface area (Å²) in [5.74, 6) is -0.275. The summed E-state index contributed by atoms with van der Waals surface area (Å²) in [5, 5.41) is 2.86. The van der Waals surface area contributed by atoms with Crippen LogP contribution < -0.4 is 5.32 Å². The number of rotatable bonds is 18. The van der Waals surface area contributed by atoms with Gasteiger partial charge < -0.3 is 15.0 Å². The molecule has 0 aliphatic carbocycles.